The topological polar surface area (TPSA) is 75.7 Å². The van der Waals surface area contributed by atoms with Gasteiger partial charge in [-0.3, -0.25) is 8.98 Å². The van der Waals surface area contributed by atoms with Crippen molar-refractivity contribution >= 4 is 27.4 Å². The first kappa shape index (κ1) is 22.3. The molecule has 0 aromatic heterocycles. The standard InChI is InChI=1S/C23H30N2O4S/c1-22(2,3)17-11-13-18(14-12-17)30(27,28)29-16-8-15-25-20-10-7-6-9-19(20)24-23(4,5)21(25)26/h6-7,9-14,24H,8,15-16H2,1-5H3. The van der Waals surface area contributed by atoms with Crippen LogP contribution < -0.4 is 10.2 Å². The van der Waals surface area contributed by atoms with E-state index < -0.39 is 15.7 Å². The molecular formula is C23H30N2O4S. The summed E-state index contributed by atoms with van der Waals surface area (Å²) in [6, 6.07) is 14.4. The highest BCUT2D eigenvalue weighted by Crippen LogP contribution is 2.35. The van der Waals surface area contributed by atoms with Gasteiger partial charge in [0.15, 0.2) is 0 Å². The van der Waals surface area contributed by atoms with Crippen LogP contribution in [0.3, 0.4) is 0 Å². The van der Waals surface area contributed by atoms with Crippen molar-refractivity contribution in [3.63, 3.8) is 0 Å². The van der Waals surface area contributed by atoms with Crippen LogP contribution in [0.15, 0.2) is 53.4 Å². The van der Waals surface area contributed by atoms with Crippen LogP contribution in [0.2, 0.25) is 0 Å². The largest absolute Gasteiger partial charge is 0.370 e. The summed E-state index contributed by atoms with van der Waals surface area (Å²) in [5.41, 5.74) is 1.95. The van der Waals surface area contributed by atoms with Gasteiger partial charge < -0.3 is 10.2 Å². The van der Waals surface area contributed by atoms with Crippen molar-refractivity contribution in [3.05, 3.63) is 54.1 Å². The Kier molecular flexibility index (Phi) is 5.98. The lowest BCUT2D eigenvalue weighted by atomic mass is 9.87. The van der Waals surface area contributed by atoms with Crippen LogP contribution in [0.25, 0.3) is 0 Å². The lowest BCUT2D eigenvalue weighted by molar-refractivity contribution is -0.122. The van der Waals surface area contributed by atoms with Gasteiger partial charge in [0.05, 0.1) is 22.9 Å². The quantitative estimate of drug-likeness (QED) is 0.546. The van der Waals surface area contributed by atoms with E-state index in [9.17, 15) is 13.2 Å². The van der Waals surface area contributed by atoms with E-state index in [-0.39, 0.29) is 22.8 Å². The number of nitrogens with zero attached hydrogens (tertiary/aromatic N) is 1. The number of nitrogens with one attached hydrogen (secondary N) is 1. The van der Waals surface area contributed by atoms with Crippen molar-refractivity contribution < 1.29 is 17.4 Å². The first-order valence-corrected chi connectivity index (χ1v) is 11.5. The first-order chi connectivity index (χ1) is 13.9. The second kappa shape index (κ2) is 8.04. The lowest BCUT2D eigenvalue weighted by Gasteiger charge is -2.40. The second-order valence-electron chi connectivity index (χ2n) is 9.13. The maximum Gasteiger partial charge on any atom is 0.296 e. The molecular weight excluding hydrogens is 400 g/mol. The molecule has 2 aromatic rings. The molecule has 162 valence electrons. The van der Waals surface area contributed by atoms with E-state index in [0.717, 1.165) is 16.9 Å². The van der Waals surface area contributed by atoms with Crippen LogP contribution in [0, 0.1) is 0 Å². The summed E-state index contributed by atoms with van der Waals surface area (Å²) in [5, 5.41) is 3.25. The average molecular weight is 431 g/mol. The Morgan fingerprint density at radius 2 is 1.67 bits per heavy atom. The van der Waals surface area contributed by atoms with Gasteiger partial charge in [0.1, 0.15) is 5.54 Å². The number of amides is 1. The minimum absolute atomic E-state index is 0.00313. The number of carbonyl (C=O) groups is 1. The third-order valence-corrected chi connectivity index (χ3v) is 6.52. The molecule has 0 radical (unpaired) electrons. The molecule has 0 saturated heterocycles. The summed E-state index contributed by atoms with van der Waals surface area (Å²) in [6.45, 7) is 10.3. The fraction of sp³-hybridized carbons (Fsp3) is 0.435. The third kappa shape index (κ3) is 4.68. The van der Waals surface area contributed by atoms with Crippen molar-refractivity contribution in [1.29, 1.82) is 0 Å². The zero-order valence-corrected chi connectivity index (χ0v) is 19.0. The number of carbonyl (C=O) groups excluding carboxylic acids is 1. The molecule has 0 spiro atoms. The molecule has 0 aliphatic carbocycles. The Morgan fingerprint density at radius 1 is 1.03 bits per heavy atom. The smallest absolute Gasteiger partial charge is 0.296 e. The number of para-hydroxylation sites is 2. The molecule has 30 heavy (non-hydrogen) atoms. The van der Waals surface area contributed by atoms with Crippen LogP contribution in [0.5, 0.6) is 0 Å². The van der Waals surface area contributed by atoms with Crippen LogP contribution in [0.4, 0.5) is 11.4 Å². The Labute approximate surface area is 179 Å². The Bertz CT molecular complexity index is 1020. The van der Waals surface area contributed by atoms with Crippen molar-refractivity contribution in [2.24, 2.45) is 0 Å². The van der Waals surface area contributed by atoms with E-state index in [4.69, 9.17) is 4.18 Å². The van der Waals surface area contributed by atoms with Gasteiger partial charge in [0.25, 0.3) is 16.0 Å². The van der Waals surface area contributed by atoms with Crippen molar-refractivity contribution in [3.8, 4) is 0 Å². The number of benzene rings is 2. The van der Waals surface area contributed by atoms with Crippen molar-refractivity contribution in [2.45, 2.75) is 56.9 Å². The van der Waals surface area contributed by atoms with Crippen molar-refractivity contribution in [2.75, 3.05) is 23.4 Å². The molecule has 0 bridgehead atoms. The molecule has 7 heteroatoms. The van der Waals surface area contributed by atoms with E-state index in [1.165, 1.54) is 0 Å². The molecule has 2 aromatic carbocycles. The number of hydrogen-bond donors (Lipinski definition) is 1. The molecule has 1 amide bonds. The van der Waals surface area contributed by atoms with Gasteiger partial charge in [0.2, 0.25) is 0 Å². The van der Waals surface area contributed by atoms with Crippen LogP contribution >= 0.6 is 0 Å². The second-order valence-corrected chi connectivity index (χ2v) is 10.7. The molecule has 0 fully saturated rings. The van der Waals surface area contributed by atoms with E-state index in [1.54, 1.807) is 17.0 Å². The van der Waals surface area contributed by atoms with Gasteiger partial charge in [-0.05, 0) is 55.5 Å². The van der Waals surface area contributed by atoms with Gasteiger partial charge in [-0.15, -0.1) is 0 Å². The SMILES string of the molecule is CC1(C)Nc2ccccc2N(CCCOS(=O)(=O)c2ccc(C(C)(C)C)cc2)C1=O. The molecule has 1 aliphatic rings. The summed E-state index contributed by atoms with van der Waals surface area (Å²) in [6.07, 6.45) is 0.398. The van der Waals surface area contributed by atoms with Gasteiger partial charge >= 0.3 is 0 Å². The van der Waals surface area contributed by atoms with E-state index >= 15 is 0 Å². The minimum Gasteiger partial charge on any atom is -0.370 e. The summed E-state index contributed by atoms with van der Waals surface area (Å²) in [5.74, 6) is -0.0539. The maximum absolute atomic E-state index is 12.8. The summed E-state index contributed by atoms with van der Waals surface area (Å²) < 4.78 is 30.2. The number of fused-ring (bicyclic) bond motifs is 1. The highest BCUT2D eigenvalue weighted by molar-refractivity contribution is 7.86. The number of hydrogen-bond acceptors (Lipinski definition) is 5. The third-order valence-electron chi connectivity index (χ3n) is 5.20. The summed E-state index contributed by atoms with van der Waals surface area (Å²) >= 11 is 0. The highest BCUT2D eigenvalue weighted by Gasteiger charge is 2.38. The van der Waals surface area contributed by atoms with Crippen LogP contribution in [-0.4, -0.2) is 33.0 Å². The zero-order valence-electron chi connectivity index (χ0n) is 18.2. The summed E-state index contributed by atoms with van der Waals surface area (Å²) in [7, 11) is -3.84. The zero-order chi connectivity index (χ0) is 22.2. The maximum atomic E-state index is 12.8. The van der Waals surface area contributed by atoms with Gasteiger partial charge in [-0.1, -0.05) is 45.0 Å². The number of rotatable bonds is 6. The Balaban J connectivity index is 1.63. The highest BCUT2D eigenvalue weighted by atomic mass is 32.2. The van der Waals surface area contributed by atoms with Gasteiger partial charge in [0, 0.05) is 6.54 Å². The van der Waals surface area contributed by atoms with E-state index in [2.05, 4.69) is 26.1 Å². The average Bonchev–Trinajstić information content (AvgIpc) is 2.67. The molecule has 0 unspecified atom stereocenters. The Hall–Kier alpha value is -2.38. The van der Waals surface area contributed by atoms with Gasteiger partial charge in [-0.25, -0.2) is 0 Å². The minimum atomic E-state index is -3.84. The normalized spacial score (nSPS) is 16.2. The molecule has 6 nitrogen and oxygen atoms in total. The predicted octanol–water partition coefficient (Wildman–Crippen LogP) is 4.32. The fourth-order valence-electron chi connectivity index (χ4n) is 3.45. The fourth-order valence-corrected chi connectivity index (χ4v) is 4.40. The monoisotopic (exact) mass is 430 g/mol. The number of anilines is 2. The van der Waals surface area contributed by atoms with Gasteiger partial charge in [-0.2, -0.15) is 8.42 Å². The molecule has 1 aliphatic heterocycles. The Morgan fingerprint density at radius 3 is 2.30 bits per heavy atom. The first-order valence-electron chi connectivity index (χ1n) is 10.1. The molecule has 1 N–H and O–H groups in total. The van der Waals surface area contributed by atoms with Crippen LogP contribution in [-0.2, 0) is 24.5 Å². The predicted molar refractivity (Wildman–Crippen MR) is 119 cm³/mol. The molecule has 1 heterocycles. The van der Waals surface area contributed by atoms with Crippen LogP contribution in [0.1, 0.15) is 46.6 Å². The lowest BCUT2D eigenvalue weighted by Crippen LogP contribution is -2.54. The summed E-state index contributed by atoms with van der Waals surface area (Å²) in [4.78, 5) is 14.7. The molecule has 0 atom stereocenters. The molecule has 3 rings (SSSR count). The van der Waals surface area contributed by atoms with Crippen molar-refractivity contribution in [1.82, 2.24) is 0 Å². The van der Waals surface area contributed by atoms with E-state index in [0.29, 0.717) is 13.0 Å². The van der Waals surface area contributed by atoms with E-state index in [1.807, 2.05) is 50.2 Å². The molecule has 0 saturated carbocycles.